The first-order valence-electron chi connectivity index (χ1n) is 10.8. The molecule has 1 aromatic carbocycles. The van der Waals surface area contributed by atoms with Crippen LogP contribution in [0.3, 0.4) is 0 Å². The van der Waals surface area contributed by atoms with E-state index >= 15 is 0 Å². The minimum atomic E-state index is -0.0364. The van der Waals surface area contributed by atoms with Crippen LogP contribution in [-0.2, 0) is 14.3 Å². The molecule has 0 N–H and O–H groups in total. The largest absolute Gasteiger partial charge is 0.372 e. The minimum absolute atomic E-state index is 0.0364. The van der Waals surface area contributed by atoms with Crippen LogP contribution in [-0.4, -0.2) is 60.5 Å². The Morgan fingerprint density at radius 1 is 1.18 bits per heavy atom. The van der Waals surface area contributed by atoms with Crippen molar-refractivity contribution in [3.63, 3.8) is 0 Å². The van der Waals surface area contributed by atoms with E-state index in [2.05, 4.69) is 17.0 Å². The lowest BCUT2D eigenvalue weighted by Crippen LogP contribution is -2.55. The second-order valence-electron chi connectivity index (χ2n) is 8.80. The Bertz CT molecular complexity index is 693. The molecule has 5 nitrogen and oxygen atoms in total. The highest BCUT2D eigenvalue weighted by atomic mass is 16.5. The number of benzene rings is 1. The average molecular weight is 385 g/mol. The maximum absolute atomic E-state index is 13.2. The molecule has 1 saturated carbocycles. The molecule has 2 aliphatic heterocycles. The molecule has 2 amide bonds. The highest BCUT2D eigenvalue weighted by Crippen LogP contribution is 2.48. The number of carbonyl (C=O) groups excluding carboxylic acids is 2. The number of hydrogen-bond donors (Lipinski definition) is 0. The second-order valence-corrected chi connectivity index (χ2v) is 8.80. The van der Waals surface area contributed by atoms with E-state index in [1.165, 1.54) is 0 Å². The molecule has 28 heavy (non-hydrogen) atoms. The summed E-state index contributed by atoms with van der Waals surface area (Å²) in [5.41, 5.74) is 1.28. The van der Waals surface area contributed by atoms with E-state index in [1.807, 2.05) is 30.0 Å². The van der Waals surface area contributed by atoms with Crippen LogP contribution in [0.25, 0.3) is 0 Å². The van der Waals surface area contributed by atoms with Crippen molar-refractivity contribution in [2.75, 3.05) is 32.8 Å². The van der Waals surface area contributed by atoms with Crippen molar-refractivity contribution < 1.29 is 14.3 Å². The van der Waals surface area contributed by atoms with E-state index in [9.17, 15) is 9.59 Å². The van der Waals surface area contributed by atoms with Crippen molar-refractivity contribution in [3.8, 4) is 0 Å². The van der Waals surface area contributed by atoms with Crippen LogP contribution < -0.4 is 0 Å². The minimum Gasteiger partial charge on any atom is -0.372 e. The van der Waals surface area contributed by atoms with Gasteiger partial charge in [0.25, 0.3) is 0 Å². The lowest BCUT2D eigenvalue weighted by atomic mass is 9.67. The van der Waals surface area contributed by atoms with Gasteiger partial charge in [0.05, 0.1) is 5.92 Å². The number of rotatable bonds is 6. The first-order chi connectivity index (χ1) is 13.6. The van der Waals surface area contributed by atoms with Crippen LogP contribution >= 0.6 is 0 Å². The summed E-state index contributed by atoms with van der Waals surface area (Å²) >= 11 is 0. The molecule has 1 unspecified atom stereocenters. The molecule has 0 bridgehead atoms. The molecular formula is C23H32N2O3. The van der Waals surface area contributed by atoms with Gasteiger partial charge in [-0.3, -0.25) is 9.59 Å². The molecule has 0 aromatic heterocycles. The quantitative estimate of drug-likeness (QED) is 0.708. The lowest BCUT2D eigenvalue weighted by molar-refractivity contribution is -0.146. The van der Waals surface area contributed by atoms with E-state index in [-0.39, 0.29) is 23.8 Å². The first-order valence-corrected chi connectivity index (χ1v) is 10.8. The van der Waals surface area contributed by atoms with Crippen molar-refractivity contribution in [2.24, 2.45) is 5.41 Å². The van der Waals surface area contributed by atoms with Gasteiger partial charge in [-0.05, 0) is 49.5 Å². The van der Waals surface area contributed by atoms with E-state index in [0.29, 0.717) is 18.6 Å². The number of piperidine rings is 2. The van der Waals surface area contributed by atoms with Gasteiger partial charge in [-0.1, -0.05) is 37.3 Å². The summed E-state index contributed by atoms with van der Waals surface area (Å²) < 4.78 is 5.44. The number of amides is 2. The smallest absolute Gasteiger partial charge is 0.248 e. The Hall–Kier alpha value is -1.88. The zero-order chi connectivity index (χ0) is 19.6. The van der Waals surface area contributed by atoms with E-state index in [1.54, 1.807) is 0 Å². The standard InChI is InChI=1S/C23H32N2O3/c1-2-14-28-16-21(26)24-12-10-23(11-13-24)15-20(18-6-4-3-5-7-18)22(27)25(17-23)19-8-9-19/h3-7,19-20H,2,8-17H2,1H3. The van der Waals surface area contributed by atoms with Gasteiger partial charge >= 0.3 is 0 Å². The highest BCUT2D eigenvalue weighted by molar-refractivity contribution is 5.85. The Morgan fingerprint density at radius 3 is 2.54 bits per heavy atom. The average Bonchev–Trinajstić information content (AvgIpc) is 3.56. The summed E-state index contributed by atoms with van der Waals surface area (Å²) in [5.74, 6) is 0.380. The predicted octanol–water partition coefficient (Wildman–Crippen LogP) is 3.20. The van der Waals surface area contributed by atoms with Gasteiger partial charge in [0, 0.05) is 32.3 Å². The van der Waals surface area contributed by atoms with Crippen LogP contribution in [0, 0.1) is 5.41 Å². The Kier molecular flexibility index (Phi) is 5.72. The molecule has 2 heterocycles. The zero-order valence-electron chi connectivity index (χ0n) is 16.9. The van der Waals surface area contributed by atoms with Crippen LogP contribution in [0.2, 0.25) is 0 Å². The van der Waals surface area contributed by atoms with Crippen LogP contribution in [0.4, 0.5) is 0 Å². The molecule has 3 fully saturated rings. The van der Waals surface area contributed by atoms with E-state index in [0.717, 1.165) is 63.7 Å². The lowest BCUT2D eigenvalue weighted by Gasteiger charge is -2.50. The molecule has 5 heteroatoms. The Labute approximate surface area is 168 Å². The molecule has 2 saturated heterocycles. The molecule has 1 atom stereocenters. The third kappa shape index (κ3) is 4.09. The Balaban J connectivity index is 1.45. The van der Waals surface area contributed by atoms with Gasteiger partial charge in [0.15, 0.2) is 0 Å². The second kappa shape index (κ2) is 8.24. The fourth-order valence-electron chi connectivity index (χ4n) is 4.85. The molecular weight excluding hydrogens is 352 g/mol. The summed E-state index contributed by atoms with van der Waals surface area (Å²) in [7, 11) is 0. The topological polar surface area (TPSA) is 49.9 Å². The molecule has 0 radical (unpaired) electrons. The van der Waals surface area contributed by atoms with E-state index < -0.39 is 0 Å². The molecule has 1 aromatic rings. The normalized spacial score (nSPS) is 24.6. The summed E-state index contributed by atoms with van der Waals surface area (Å²) in [6.45, 7) is 5.31. The first kappa shape index (κ1) is 19.4. The fourth-order valence-corrected chi connectivity index (χ4v) is 4.85. The summed E-state index contributed by atoms with van der Waals surface area (Å²) in [5, 5.41) is 0. The summed E-state index contributed by atoms with van der Waals surface area (Å²) in [6, 6.07) is 10.7. The molecule has 1 spiro atoms. The van der Waals surface area contributed by atoms with Crippen LogP contribution in [0.5, 0.6) is 0 Å². The van der Waals surface area contributed by atoms with Crippen molar-refractivity contribution in [1.29, 1.82) is 0 Å². The van der Waals surface area contributed by atoms with Gasteiger partial charge in [-0.25, -0.2) is 0 Å². The van der Waals surface area contributed by atoms with Gasteiger partial charge < -0.3 is 14.5 Å². The third-order valence-electron chi connectivity index (χ3n) is 6.66. The van der Waals surface area contributed by atoms with Crippen molar-refractivity contribution in [3.05, 3.63) is 35.9 Å². The van der Waals surface area contributed by atoms with E-state index in [4.69, 9.17) is 4.74 Å². The number of nitrogens with zero attached hydrogens (tertiary/aromatic N) is 2. The van der Waals surface area contributed by atoms with Gasteiger partial charge in [-0.15, -0.1) is 0 Å². The van der Waals surface area contributed by atoms with Crippen LogP contribution in [0.1, 0.15) is 56.9 Å². The van der Waals surface area contributed by atoms with Crippen molar-refractivity contribution >= 4 is 11.8 Å². The van der Waals surface area contributed by atoms with Gasteiger partial charge in [0.1, 0.15) is 6.61 Å². The van der Waals surface area contributed by atoms with Crippen molar-refractivity contribution in [1.82, 2.24) is 9.80 Å². The third-order valence-corrected chi connectivity index (χ3v) is 6.66. The molecule has 1 aliphatic carbocycles. The summed E-state index contributed by atoms with van der Waals surface area (Å²) in [6.07, 6.45) is 6.08. The molecule has 4 rings (SSSR count). The zero-order valence-corrected chi connectivity index (χ0v) is 16.9. The fraction of sp³-hybridized carbons (Fsp3) is 0.652. The number of carbonyl (C=O) groups is 2. The predicted molar refractivity (Wildman–Crippen MR) is 108 cm³/mol. The molecule has 3 aliphatic rings. The van der Waals surface area contributed by atoms with Gasteiger partial charge in [-0.2, -0.15) is 0 Å². The highest BCUT2D eigenvalue weighted by Gasteiger charge is 2.49. The monoisotopic (exact) mass is 384 g/mol. The number of hydrogen-bond acceptors (Lipinski definition) is 3. The van der Waals surface area contributed by atoms with Crippen molar-refractivity contribution in [2.45, 2.75) is 57.4 Å². The summed E-state index contributed by atoms with van der Waals surface area (Å²) in [4.78, 5) is 29.7. The maximum Gasteiger partial charge on any atom is 0.248 e. The number of ether oxygens (including phenoxy) is 1. The Morgan fingerprint density at radius 2 is 1.89 bits per heavy atom. The van der Waals surface area contributed by atoms with Gasteiger partial charge in [0.2, 0.25) is 11.8 Å². The SMILES string of the molecule is CCCOCC(=O)N1CCC2(CC1)CC(c1ccccc1)C(=O)N(C1CC1)C2. The van der Waals surface area contributed by atoms with Crippen LogP contribution in [0.15, 0.2) is 30.3 Å². The number of likely N-dealkylation sites (tertiary alicyclic amines) is 2. The maximum atomic E-state index is 13.2. The molecule has 152 valence electrons.